The molecule has 0 spiro atoms. The fourth-order valence-corrected chi connectivity index (χ4v) is 3.04. The topological polar surface area (TPSA) is 29.5 Å². The molecule has 0 aliphatic carbocycles. The molecule has 0 saturated carbocycles. The van der Waals surface area contributed by atoms with Crippen molar-refractivity contribution in [2.75, 3.05) is 18.0 Å². The van der Waals surface area contributed by atoms with E-state index in [0.29, 0.717) is 18.8 Å². The molecule has 0 N–H and O–H groups in total. The zero-order chi connectivity index (χ0) is 15.6. The van der Waals surface area contributed by atoms with Gasteiger partial charge in [0.05, 0.1) is 27.9 Å². The molecule has 22 heavy (non-hydrogen) atoms. The average Bonchev–Trinajstić information content (AvgIpc) is 2.84. The van der Waals surface area contributed by atoms with Crippen molar-refractivity contribution in [3.8, 4) is 0 Å². The van der Waals surface area contributed by atoms with E-state index in [4.69, 9.17) is 15.8 Å². The normalized spacial score (nSPS) is 18.0. The molecule has 0 bridgehead atoms. The van der Waals surface area contributed by atoms with Crippen molar-refractivity contribution >= 4 is 73.0 Å². The molecule has 9 heteroatoms. The number of hydrogen-bond donors (Lipinski definition) is 0. The summed E-state index contributed by atoms with van der Waals surface area (Å²) in [7, 11) is 0. The van der Waals surface area contributed by atoms with Crippen molar-refractivity contribution in [2.45, 2.75) is 24.8 Å². The first-order valence-electron chi connectivity index (χ1n) is 6.23. The van der Waals surface area contributed by atoms with E-state index in [0.717, 1.165) is 24.5 Å². The maximum atomic E-state index is 12.8. The van der Waals surface area contributed by atoms with E-state index in [1.807, 2.05) is 4.90 Å². The minimum atomic E-state index is -4.47. The Labute approximate surface area is 165 Å². The number of hydrogen-bond acceptors (Lipinski definition) is 4. The van der Waals surface area contributed by atoms with E-state index in [2.05, 4.69) is 0 Å². The summed E-state index contributed by atoms with van der Waals surface area (Å²) < 4.78 is 43.4. The van der Waals surface area contributed by atoms with Crippen LogP contribution in [0.15, 0.2) is 18.2 Å². The molecule has 3 nitrogen and oxygen atoms in total. The number of alkyl halides is 3. The molecule has 1 saturated heterocycles. The fourth-order valence-electron chi connectivity index (χ4n) is 2.10. The molecule has 0 aromatic heterocycles. The summed E-state index contributed by atoms with van der Waals surface area (Å²) >= 11 is 6.66. The third kappa shape index (κ3) is 5.37. The number of halogens is 4. The second kappa shape index (κ2) is 8.33. The van der Waals surface area contributed by atoms with Gasteiger partial charge in [-0.1, -0.05) is 11.6 Å². The summed E-state index contributed by atoms with van der Waals surface area (Å²) in [5.41, 5.74) is -0.365. The molecule has 1 aliphatic rings. The smallest absolute Gasteiger partial charge is 0.391 e. The van der Waals surface area contributed by atoms with Gasteiger partial charge in [0.25, 0.3) is 0 Å². The van der Waals surface area contributed by atoms with Crippen LogP contribution < -0.4 is 4.90 Å². The van der Waals surface area contributed by atoms with E-state index in [1.54, 1.807) is 6.07 Å². The molecule has 1 atom stereocenters. The van der Waals surface area contributed by atoms with Gasteiger partial charge < -0.3 is 9.08 Å². The first-order chi connectivity index (χ1) is 9.77. The van der Waals surface area contributed by atoms with Crippen LogP contribution in [0.1, 0.15) is 18.9 Å². The van der Waals surface area contributed by atoms with Crippen LogP contribution in [0.25, 0.3) is 0 Å². The number of benzene rings is 1. The average molecular weight is 380 g/mol. The zero-order valence-electron chi connectivity index (χ0n) is 11.8. The van der Waals surface area contributed by atoms with Crippen LogP contribution in [0.3, 0.4) is 0 Å². The number of anilines is 1. The molecule has 1 aliphatic heterocycles. The summed E-state index contributed by atoms with van der Waals surface area (Å²) in [5, 5.41) is -0.254. The maximum Gasteiger partial charge on any atom is 0.417 e. The molecular weight excluding hydrogens is 367 g/mol. The Hall–Kier alpha value is 0.180. The Balaban J connectivity index is 0.00000242. The Morgan fingerprint density at radius 2 is 2.14 bits per heavy atom. The van der Waals surface area contributed by atoms with Crippen LogP contribution in [0, 0.1) is 0 Å². The van der Waals surface area contributed by atoms with Gasteiger partial charge in [-0.15, -0.1) is 0 Å². The Kier molecular flexibility index (Phi) is 7.66. The van der Waals surface area contributed by atoms with E-state index < -0.39 is 11.7 Å². The summed E-state index contributed by atoms with van der Waals surface area (Å²) in [6.45, 7) is 2.45. The third-order valence-corrected chi connectivity index (χ3v) is 4.38. The van der Waals surface area contributed by atoms with Gasteiger partial charge in [0, 0.05) is 63.4 Å². The predicted molar refractivity (Wildman–Crippen MR) is 82.2 cm³/mol. The van der Waals surface area contributed by atoms with Crippen molar-refractivity contribution in [2.24, 2.45) is 0 Å². The summed E-state index contributed by atoms with van der Waals surface area (Å²) in [4.78, 5) is 12.6. The molecule has 1 heterocycles. The molecule has 118 valence electrons. The maximum absolute atomic E-state index is 12.8. The van der Waals surface area contributed by atoms with Gasteiger partial charge in [-0.2, -0.15) is 13.2 Å². The molecule has 1 aromatic carbocycles. The van der Waals surface area contributed by atoms with Crippen LogP contribution in [-0.2, 0) is 15.2 Å². The Morgan fingerprint density at radius 1 is 1.45 bits per heavy atom. The van der Waals surface area contributed by atoms with Crippen molar-refractivity contribution < 1.29 is 22.1 Å². The van der Waals surface area contributed by atoms with E-state index in [1.165, 1.54) is 13.0 Å². The van der Waals surface area contributed by atoms with Gasteiger partial charge in [0.1, 0.15) is 0 Å². The number of carbonyl (C=O) groups excluding carboxylic acids is 1. The summed E-state index contributed by atoms with van der Waals surface area (Å²) in [5.74, 6) is -0.385. The fraction of sp³-hybridized carbons (Fsp3) is 0.462. The number of rotatable bonds is 3. The zero-order valence-corrected chi connectivity index (χ0v) is 15.6. The van der Waals surface area contributed by atoms with Gasteiger partial charge in [-0.05, 0) is 24.6 Å². The molecular formula is C13H13CaClF3NO2S. The standard InChI is InChI=1S/C13H13ClF3NO2S.Ca/c1-8(19)20-21-10-4-5-18(7-10)9-2-3-12(14)11(6-9)13(15,16)17;/h2-3,6,10H,4-5,7H2,1H3;. The van der Waals surface area contributed by atoms with E-state index in [-0.39, 0.29) is 54.0 Å². The molecule has 0 amide bonds. The first kappa shape index (κ1) is 20.2. The first-order valence-corrected chi connectivity index (χ1v) is 7.41. The predicted octanol–water partition coefficient (Wildman–Crippen LogP) is 3.77. The van der Waals surface area contributed by atoms with E-state index in [9.17, 15) is 18.0 Å². The van der Waals surface area contributed by atoms with Crippen molar-refractivity contribution in [1.29, 1.82) is 0 Å². The SMILES string of the molecule is CC(=O)OSC1CCN(c2ccc(Cl)c(C(F)(F)F)c2)C1.[Ca]. The second-order valence-electron chi connectivity index (χ2n) is 4.69. The van der Waals surface area contributed by atoms with Gasteiger partial charge >= 0.3 is 12.1 Å². The molecule has 1 unspecified atom stereocenters. The number of nitrogens with zero attached hydrogens (tertiary/aromatic N) is 1. The molecule has 1 aromatic rings. The van der Waals surface area contributed by atoms with Crippen LogP contribution >= 0.6 is 23.6 Å². The minimum absolute atomic E-state index is 0. The van der Waals surface area contributed by atoms with Gasteiger partial charge in [0.15, 0.2) is 0 Å². The Morgan fingerprint density at radius 3 is 2.73 bits per heavy atom. The van der Waals surface area contributed by atoms with Crippen molar-refractivity contribution in [3.05, 3.63) is 28.8 Å². The van der Waals surface area contributed by atoms with Crippen LogP contribution in [0.4, 0.5) is 18.9 Å². The largest absolute Gasteiger partial charge is 0.417 e. The minimum Gasteiger partial charge on any atom is -0.391 e. The Bertz CT molecular complexity index is 545. The summed E-state index contributed by atoms with van der Waals surface area (Å²) in [6.07, 6.45) is -3.74. The van der Waals surface area contributed by atoms with E-state index >= 15 is 0 Å². The second-order valence-corrected chi connectivity index (χ2v) is 6.12. The van der Waals surface area contributed by atoms with Gasteiger partial charge in [0.2, 0.25) is 0 Å². The third-order valence-electron chi connectivity index (χ3n) is 3.07. The number of carbonyl (C=O) groups is 1. The van der Waals surface area contributed by atoms with Crippen LogP contribution in [-0.4, -0.2) is 62.0 Å². The molecule has 1 fully saturated rings. The van der Waals surface area contributed by atoms with Gasteiger partial charge in [-0.25, -0.2) is 0 Å². The summed E-state index contributed by atoms with van der Waals surface area (Å²) in [6, 6.07) is 3.88. The van der Waals surface area contributed by atoms with Gasteiger partial charge in [-0.3, -0.25) is 4.79 Å². The molecule has 2 rings (SSSR count). The quantitative estimate of drug-likeness (QED) is 0.590. The van der Waals surface area contributed by atoms with Crippen molar-refractivity contribution in [1.82, 2.24) is 0 Å². The molecule has 2 radical (unpaired) electrons. The monoisotopic (exact) mass is 379 g/mol. The van der Waals surface area contributed by atoms with Crippen molar-refractivity contribution in [3.63, 3.8) is 0 Å². The van der Waals surface area contributed by atoms with Crippen LogP contribution in [0.5, 0.6) is 0 Å². The van der Waals surface area contributed by atoms with Crippen LogP contribution in [0.2, 0.25) is 5.02 Å².